The van der Waals surface area contributed by atoms with Gasteiger partial charge in [-0.15, -0.1) is 11.3 Å². The molecule has 1 N–H and O–H groups in total. The van der Waals surface area contributed by atoms with Crippen molar-refractivity contribution >= 4 is 27.3 Å². The molecule has 1 aromatic heterocycles. The van der Waals surface area contributed by atoms with Crippen LogP contribution in [0.4, 0.5) is 0 Å². The zero-order chi connectivity index (χ0) is 11.8. The summed E-state index contributed by atoms with van der Waals surface area (Å²) >= 11 is 5.53. The van der Waals surface area contributed by atoms with E-state index in [-0.39, 0.29) is 0 Å². The van der Waals surface area contributed by atoms with Crippen LogP contribution in [0.15, 0.2) is 10.5 Å². The van der Waals surface area contributed by atoms with Crippen LogP contribution in [0.25, 0.3) is 0 Å². The highest BCUT2D eigenvalue weighted by Gasteiger charge is 2.29. The molecule has 0 spiro atoms. The summed E-state index contributed by atoms with van der Waals surface area (Å²) in [6.07, 6.45) is 4.08. The van der Waals surface area contributed by atoms with Crippen molar-refractivity contribution < 1.29 is 0 Å². The van der Waals surface area contributed by atoms with Crippen molar-refractivity contribution in [3.8, 4) is 0 Å². The molecule has 2 unspecified atom stereocenters. The minimum absolute atomic E-state index is 0.743. The Morgan fingerprint density at radius 2 is 2.24 bits per heavy atom. The number of nitrogens with zero attached hydrogens (tertiary/aromatic N) is 1. The second-order valence-electron chi connectivity index (χ2n) is 5.28. The van der Waals surface area contributed by atoms with Gasteiger partial charge in [0.1, 0.15) is 0 Å². The predicted molar refractivity (Wildman–Crippen MR) is 76.6 cm³/mol. The van der Waals surface area contributed by atoms with Gasteiger partial charge in [-0.2, -0.15) is 0 Å². The maximum Gasteiger partial charge on any atom is 0.0329 e. The Morgan fingerprint density at radius 3 is 3.00 bits per heavy atom. The maximum atomic E-state index is 3.74. The maximum absolute atomic E-state index is 3.74. The summed E-state index contributed by atoms with van der Waals surface area (Å²) in [7, 11) is 0. The van der Waals surface area contributed by atoms with Crippen LogP contribution >= 0.6 is 27.3 Å². The molecule has 2 fully saturated rings. The molecular weight excluding hydrogens is 296 g/mol. The van der Waals surface area contributed by atoms with Crippen LogP contribution in [0, 0.1) is 6.92 Å². The molecule has 3 rings (SSSR count). The van der Waals surface area contributed by atoms with E-state index >= 15 is 0 Å². The first-order valence-electron chi connectivity index (χ1n) is 6.44. The molecule has 2 aliphatic rings. The van der Waals surface area contributed by atoms with Gasteiger partial charge < -0.3 is 5.32 Å². The van der Waals surface area contributed by atoms with Crippen LogP contribution < -0.4 is 5.32 Å². The topological polar surface area (TPSA) is 15.3 Å². The summed E-state index contributed by atoms with van der Waals surface area (Å²) in [4.78, 5) is 5.51. The minimum Gasteiger partial charge on any atom is -0.310 e. The third-order valence-corrected chi connectivity index (χ3v) is 6.02. The van der Waals surface area contributed by atoms with Crippen molar-refractivity contribution in [2.24, 2.45) is 0 Å². The Kier molecular flexibility index (Phi) is 3.57. The van der Waals surface area contributed by atoms with Gasteiger partial charge >= 0.3 is 0 Å². The van der Waals surface area contributed by atoms with Crippen molar-refractivity contribution in [2.75, 3.05) is 13.1 Å². The molecule has 17 heavy (non-hydrogen) atoms. The van der Waals surface area contributed by atoms with Crippen LogP contribution in [0.3, 0.4) is 0 Å². The predicted octanol–water partition coefficient (Wildman–Crippen LogP) is 3.15. The number of nitrogens with one attached hydrogen (secondary N) is 1. The second kappa shape index (κ2) is 5.00. The van der Waals surface area contributed by atoms with E-state index in [1.807, 2.05) is 11.3 Å². The van der Waals surface area contributed by atoms with Crippen molar-refractivity contribution in [1.82, 2.24) is 10.2 Å². The van der Waals surface area contributed by atoms with Gasteiger partial charge in [0, 0.05) is 45.9 Å². The van der Waals surface area contributed by atoms with E-state index in [4.69, 9.17) is 0 Å². The molecule has 2 bridgehead atoms. The fourth-order valence-corrected chi connectivity index (χ4v) is 4.62. The van der Waals surface area contributed by atoms with Gasteiger partial charge in [-0.3, -0.25) is 4.90 Å². The standard InChI is InChI=1S/C13H19BrN2S/c1-9-13(14)6-12(17-9)8-16-5-4-10-2-3-11(7-16)15-10/h6,10-11,15H,2-5,7-8H2,1H3. The lowest BCUT2D eigenvalue weighted by Crippen LogP contribution is -2.34. The molecule has 0 aromatic carbocycles. The number of hydrogen-bond donors (Lipinski definition) is 1. The SMILES string of the molecule is Cc1sc(CN2CCC3CCC(C2)N3)cc1Br. The Balaban J connectivity index is 1.65. The molecule has 2 saturated heterocycles. The van der Waals surface area contributed by atoms with Crippen LogP contribution in [0.5, 0.6) is 0 Å². The van der Waals surface area contributed by atoms with Gasteiger partial charge in [0.2, 0.25) is 0 Å². The number of aryl methyl sites for hydroxylation is 1. The van der Waals surface area contributed by atoms with E-state index in [0.717, 1.165) is 18.6 Å². The van der Waals surface area contributed by atoms with Gasteiger partial charge in [-0.05, 0) is 48.2 Å². The zero-order valence-corrected chi connectivity index (χ0v) is 12.6. The molecule has 0 amide bonds. The molecule has 4 heteroatoms. The Labute approximate surface area is 116 Å². The monoisotopic (exact) mass is 314 g/mol. The number of fused-ring (bicyclic) bond motifs is 2. The van der Waals surface area contributed by atoms with Crippen molar-refractivity contribution in [3.63, 3.8) is 0 Å². The van der Waals surface area contributed by atoms with Crippen molar-refractivity contribution in [1.29, 1.82) is 0 Å². The quantitative estimate of drug-likeness (QED) is 0.902. The van der Waals surface area contributed by atoms with Crippen molar-refractivity contribution in [3.05, 3.63) is 20.3 Å². The Bertz CT molecular complexity index is 385. The summed E-state index contributed by atoms with van der Waals surface area (Å²) in [5, 5.41) is 3.74. The molecule has 0 saturated carbocycles. The van der Waals surface area contributed by atoms with Crippen LogP contribution in [-0.2, 0) is 6.54 Å². The van der Waals surface area contributed by atoms with Gasteiger partial charge in [-0.25, -0.2) is 0 Å². The van der Waals surface area contributed by atoms with E-state index in [1.165, 1.54) is 46.6 Å². The number of rotatable bonds is 2. The average molecular weight is 315 g/mol. The molecule has 2 aliphatic heterocycles. The third-order valence-electron chi connectivity index (χ3n) is 3.90. The lowest BCUT2D eigenvalue weighted by molar-refractivity contribution is 0.253. The van der Waals surface area contributed by atoms with E-state index in [9.17, 15) is 0 Å². The summed E-state index contributed by atoms with van der Waals surface area (Å²) in [5.74, 6) is 0. The molecule has 0 aliphatic carbocycles. The first-order valence-corrected chi connectivity index (χ1v) is 8.05. The fourth-order valence-electron chi connectivity index (χ4n) is 2.98. The first-order chi connectivity index (χ1) is 8.20. The van der Waals surface area contributed by atoms with Crippen molar-refractivity contribution in [2.45, 2.75) is 44.8 Å². The fraction of sp³-hybridized carbons (Fsp3) is 0.692. The van der Waals surface area contributed by atoms with Gasteiger partial charge in [0.15, 0.2) is 0 Å². The molecule has 0 radical (unpaired) electrons. The first kappa shape index (κ1) is 12.2. The normalized spacial score (nSPS) is 29.5. The molecule has 2 nitrogen and oxygen atoms in total. The number of hydrogen-bond acceptors (Lipinski definition) is 3. The van der Waals surface area contributed by atoms with Crippen LogP contribution in [0.2, 0.25) is 0 Å². The second-order valence-corrected chi connectivity index (χ2v) is 7.47. The van der Waals surface area contributed by atoms with Gasteiger partial charge in [0.25, 0.3) is 0 Å². The average Bonchev–Trinajstić information content (AvgIpc) is 2.76. The Morgan fingerprint density at radius 1 is 1.41 bits per heavy atom. The highest BCUT2D eigenvalue weighted by molar-refractivity contribution is 9.10. The van der Waals surface area contributed by atoms with E-state index in [0.29, 0.717) is 0 Å². The van der Waals surface area contributed by atoms with Gasteiger partial charge in [0.05, 0.1) is 0 Å². The molecule has 2 atom stereocenters. The summed E-state index contributed by atoms with van der Waals surface area (Å²) < 4.78 is 1.27. The summed E-state index contributed by atoms with van der Waals surface area (Å²) in [6.45, 7) is 5.79. The lowest BCUT2D eigenvalue weighted by Gasteiger charge is -2.23. The molecule has 94 valence electrons. The molecular formula is C13H19BrN2S. The highest BCUT2D eigenvalue weighted by Crippen LogP contribution is 2.28. The van der Waals surface area contributed by atoms with E-state index in [1.54, 1.807) is 0 Å². The Hall–Kier alpha value is 0.100. The van der Waals surface area contributed by atoms with Gasteiger partial charge in [-0.1, -0.05) is 0 Å². The smallest absolute Gasteiger partial charge is 0.0329 e. The van der Waals surface area contributed by atoms with Crippen LogP contribution in [-0.4, -0.2) is 30.1 Å². The summed E-state index contributed by atoms with van der Waals surface area (Å²) in [6, 6.07) is 3.82. The lowest BCUT2D eigenvalue weighted by atomic mass is 10.1. The number of thiophene rings is 1. The third kappa shape index (κ3) is 2.75. The van der Waals surface area contributed by atoms with Crippen LogP contribution in [0.1, 0.15) is 29.0 Å². The number of likely N-dealkylation sites (tertiary alicyclic amines) is 1. The summed E-state index contributed by atoms with van der Waals surface area (Å²) in [5.41, 5.74) is 0. The highest BCUT2D eigenvalue weighted by atomic mass is 79.9. The zero-order valence-electron chi connectivity index (χ0n) is 10.2. The number of halogens is 1. The van der Waals surface area contributed by atoms with E-state index < -0.39 is 0 Å². The molecule has 1 aromatic rings. The minimum atomic E-state index is 0.743. The molecule has 3 heterocycles. The van der Waals surface area contributed by atoms with E-state index in [2.05, 4.69) is 39.1 Å². The largest absolute Gasteiger partial charge is 0.310 e.